The van der Waals surface area contributed by atoms with Crippen LogP contribution in [0.25, 0.3) is 11.1 Å². The van der Waals surface area contributed by atoms with Crippen LogP contribution in [0, 0.1) is 11.8 Å². The maximum absolute atomic E-state index is 12.7. The van der Waals surface area contributed by atoms with Crippen LogP contribution in [0.5, 0.6) is 0 Å². The van der Waals surface area contributed by atoms with Gasteiger partial charge in [0.25, 0.3) is 0 Å². The van der Waals surface area contributed by atoms with E-state index in [1.165, 1.54) is 0 Å². The quantitative estimate of drug-likeness (QED) is 0.887. The van der Waals surface area contributed by atoms with E-state index >= 15 is 0 Å². The fraction of sp³-hybridized carbons (Fsp3) is 0.300. The van der Waals surface area contributed by atoms with Crippen molar-refractivity contribution in [1.82, 2.24) is 0 Å². The lowest BCUT2D eigenvalue weighted by Gasteiger charge is -2.27. The summed E-state index contributed by atoms with van der Waals surface area (Å²) in [6.45, 7) is 0. The molecule has 0 saturated heterocycles. The van der Waals surface area contributed by atoms with Crippen molar-refractivity contribution in [2.45, 2.75) is 25.7 Å². The fourth-order valence-corrected chi connectivity index (χ4v) is 3.43. The molecular formula is C20H21NO3. The summed E-state index contributed by atoms with van der Waals surface area (Å²) in [5, 5.41) is 12.3. The Morgan fingerprint density at radius 3 is 2.21 bits per heavy atom. The highest BCUT2D eigenvalue weighted by molar-refractivity contribution is 5.98. The number of hydrogen-bond donors (Lipinski definition) is 2. The first-order valence-corrected chi connectivity index (χ1v) is 8.35. The van der Waals surface area contributed by atoms with Gasteiger partial charge in [-0.15, -0.1) is 0 Å². The van der Waals surface area contributed by atoms with E-state index in [0.717, 1.165) is 29.7 Å². The van der Waals surface area contributed by atoms with Gasteiger partial charge in [0.05, 0.1) is 11.8 Å². The van der Waals surface area contributed by atoms with Gasteiger partial charge in [0.2, 0.25) is 5.91 Å². The number of amides is 1. The van der Waals surface area contributed by atoms with Crippen molar-refractivity contribution in [3.05, 3.63) is 54.6 Å². The van der Waals surface area contributed by atoms with E-state index in [9.17, 15) is 14.7 Å². The van der Waals surface area contributed by atoms with E-state index in [1.54, 1.807) is 0 Å². The number of carboxylic acids is 1. The monoisotopic (exact) mass is 323 g/mol. The first-order valence-electron chi connectivity index (χ1n) is 8.35. The molecule has 0 aromatic heterocycles. The molecule has 2 aromatic rings. The Labute approximate surface area is 141 Å². The summed E-state index contributed by atoms with van der Waals surface area (Å²) < 4.78 is 0. The zero-order valence-corrected chi connectivity index (χ0v) is 13.4. The molecule has 0 aliphatic heterocycles. The Morgan fingerprint density at radius 1 is 0.875 bits per heavy atom. The van der Waals surface area contributed by atoms with Gasteiger partial charge in [0, 0.05) is 11.3 Å². The summed E-state index contributed by atoms with van der Waals surface area (Å²) in [6, 6.07) is 17.5. The van der Waals surface area contributed by atoms with Crippen LogP contribution in [-0.4, -0.2) is 17.0 Å². The molecule has 24 heavy (non-hydrogen) atoms. The summed E-state index contributed by atoms with van der Waals surface area (Å²) in [6.07, 6.45) is 2.99. The summed E-state index contributed by atoms with van der Waals surface area (Å²) in [7, 11) is 0. The van der Waals surface area contributed by atoms with Crippen LogP contribution in [0.2, 0.25) is 0 Å². The number of nitrogens with one attached hydrogen (secondary N) is 1. The number of anilines is 1. The van der Waals surface area contributed by atoms with Gasteiger partial charge in [-0.1, -0.05) is 61.4 Å². The average Bonchev–Trinajstić information content (AvgIpc) is 2.63. The third-order valence-corrected chi connectivity index (χ3v) is 4.69. The molecule has 1 saturated carbocycles. The molecule has 4 nitrogen and oxygen atoms in total. The third-order valence-electron chi connectivity index (χ3n) is 4.69. The van der Waals surface area contributed by atoms with Crippen molar-refractivity contribution in [2.24, 2.45) is 11.8 Å². The standard InChI is InChI=1S/C20H21NO3/c22-19(16-11-4-5-12-17(16)20(23)24)21-18-13-7-6-10-15(18)14-8-2-1-3-9-14/h1-3,6-10,13,16-17H,4-5,11-12H2,(H,21,22)(H,23,24)/t16-,17+/m0/s1. The number of rotatable bonds is 4. The normalized spacial score (nSPS) is 20.3. The second kappa shape index (κ2) is 7.30. The number of carbonyl (C=O) groups excluding carboxylic acids is 1. The number of hydrogen-bond acceptors (Lipinski definition) is 2. The van der Waals surface area contributed by atoms with E-state index in [2.05, 4.69) is 5.32 Å². The van der Waals surface area contributed by atoms with E-state index in [1.807, 2.05) is 54.6 Å². The Hall–Kier alpha value is -2.62. The molecule has 4 heteroatoms. The second-order valence-electron chi connectivity index (χ2n) is 6.24. The zero-order chi connectivity index (χ0) is 16.9. The molecule has 2 aromatic carbocycles. The molecule has 1 fully saturated rings. The van der Waals surface area contributed by atoms with Gasteiger partial charge in [-0.3, -0.25) is 9.59 Å². The Bertz CT molecular complexity index is 727. The van der Waals surface area contributed by atoms with Gasteiger partial charge < -0.3 is 10.4 Å². The number of carbonyl (C=O) groups is 2. The molecule has 0 unspecified atom stereocenters. The highest BCUT2D eigenvalue weighted by Crippen LogP contribution is 2.33. The highest BCUT2D eigenvalue weighted by atomic mass is 16.4. The lowest BCUT2D eigenvalue weighted by Crippen LogP contribution is -2.36. The lowest BCUT2D eigenvalue weighted by molar-refractivity contribution is -0.147. The van der Waals surface area contributed by atoms with Gasteiger partial charge in [-0.2, -0.15) is 0 Å². The molecule has 124 valence electrons. The predicted octanol–water partition coefficient (Wildman–Crippen LogP) is 4.18. The minimum Gasteiger partial charge on any atom is -0.481 e. The second-order valence-corrected chi connectivity index (χ2v) is 6.24. The van der Waals surface area contributed by atoms with E-state index in [-0.39, 0.29) is 5.91 Å². The van der Waals surface area contributed by atoms with Crippen LogP contribution in [0.3, 0.4) is 0 Å². The lowest BCUT2D eigenvalue weighted by atomic mass is 9.78. The van der Waals surface area contributed by atoms with Gasteiger partial charge in [0.15, 0.2) is 0 Å². The number of benzene rings is 2. The molecule has 1 amide bonds. The SMILES string of the molecule is O=C(Nc1ccccc1-c1ccccc1)[C@H]1CCCC[C@H]1C(=O)O. The van der Waals surface area contributed by atoms with Crippen LogP contribution in [0.1, 0.15) is 25.7 Å². The third kappa shape index (κ3) is 3.48. The topological polar surface area (TPSA) is 66.4 Å². The average molecular weight is 323 g/mol. The maximum atomic E-state index is 12.7. The van der Waals surface area contributed by atoms with E-state index < -0.39 is 17.8 Å². The minimum atomic E-state index is -0.869. The van der Waals surface area contributed by atoms with Gasteiger partial charge in [-0.25, -0.2) is 0 Å². The smallest absolute Gasteiger partial charge is 0.307 e. The number of carboxylic acid groups (broad SMARTS) is 1. The first-order chi connectivity index (χ1) is 11.7. The summed E-state index contributed by atoms with van der Waals surface area (Å²) in [5.41, 5.74) is 2.68. The van der Waals surface area contributed by atoms with Crippen molar-refractivity contribution in [1.29, 1.82) is 0 Å². The van der Waals surface area contributed by atoms with Crippen LogP contribution < -0.4 is 5.32 Å². The Balaban J connectivity index is 1.83. The van der Waals surface area contributed by atoms with Crippen LogP contribution >= 0.6 is 0 Å². The van der Waals surface area contributed by atoms with E-state index in [4.69, 9.17) is 0 Å². The molecular weight excluding hydrogens is 302 g/mol. The predicted molar refractivity (Wildman–Crippen MR) is 93.6 cm³/mol. The number of para-hydroxylation sites is 1. The van der Waals surface area contributed by atoms with Crippen molar-refractivity contribution in [3.63, 3.8) is 0 Å². The summed E-state index contributed by atoms with van der Waals surface area (Å²) in [5.74, 6) is -2.10. The van der Waals surface area contributed by atoms with Crippen molar-refractivity contribution < 1.29 is 14.7 Å². The molecule has 3 rings (SSSR count). The summed E-state index contributed by atoms with van der Waals surface area (Å²) >= 11 is 0. The van der Waals surface area contributed by atoms with Gasteiger partial charge >= 0.3 is 5.97 Å². The molecule has 2 N–H and O–H groups in total. The molecule has 0 spiro atoms. The Morgan fingerprint density at radius 2 is 1.50 bits per heavy atom. The first kappa shape index (κ1) is 16.2. The maximum Gasteiger partial charge on any atom is 0.307 e. The van der Waals surface area contributed by atoms with Crippen LogP contribution in [0.15, 0.2) is 54.6 Å². The molecule has 0 radical (unpaired) electrons. The van der Waals surface area contributed by atoms with Crippen molar-refractivity contribution in [3.8, 4) is 11.1 Å². The van der Waals surface area contributed by atoms with Crippen molar-refractivity contribution in [2.75, 3.05) is 5.32 Å². The minimum absolute atomic E-state index is 0.189. The van der Waals surface area contributed by atoms with E-state index in [0.29, 0.717) is 12.8 Å². The van der Waals surface area contributed by atoms with Crippen LogP contribution in [0.4, 0.5) is 5.69 Å². The largest absolute Gasteiger partial charge is 0.481 e. The zero-order valence-electron chi connectivity index (χ0n) is 13.4. The van der Waals surface area contributed by atoms with Gasteiger partial charge in [0.1, 0.15) is 0 Å². The summed E-state index contributed by atoms with van der Waals surface area (Å²) in [4.78, 5) is 24.1. The van der Waals surface area contributed by atoms with Crippen molar-refractivity contribution >= 4 is 17.6 Å². The molecule has 1 aliphatic carbocycles. The number of aliphatic carboxylic acids is 1. The molecule has 0 heterocycles. The molecule has 1 aliphatic rings. The molecule has 0 bridgehead atoms. The highest BCUT2D eigenvalue weighted by Gasteiger charge is 2.35. The Kier molecular flexibility index (Phi) is 4.94. The van der Waals surface area contributed by atoms with Gasteiger partial charge in [-0.05, 0) is 24.5 Å². The fourth-order valence-electron chi connectivity index (χ4n) is 3.43. The molecule has 2 atom stereocenters. The van der Waals surface area contributed by atoms with Crippen LogP contribution in [-0.2, 0) is 9.59 Å².